The summed E-state index contributed by atoms with van der Waals surface area (Å²) >= 11 is 0. The summed E-state index contributed by atoms with van der Waals surface area (Å²) in [6, 6.07) is 12.3. The monoisotopic (exact) mass is 479 g/mol. The van der Waals surface area contributed by atoms with E-state index in [1.54, 1.807) is 0 Å². The van der Waals surface area contributed by atoms with E-state index in [2.05, 4.69) is 18.2 Å². The zero-order chi connectivity index (χ0) is 24.8. The number of imide groups is 1. The predicted molar refractivity (Wildman–Crippen MR) is 131 cm³/mol. The van der Waals surface area contributed by atoms with E-state index in [1.165, 1.54) is 10.5 Å². The topological polar surface area (TPSA) is 82.1 Å². The average Bonchev–Trinajstić information content (AvgIpc) is 3.44. The van der Waals surface area contributed by atoms with Crippen LogP contribution in [0.2, 0.25) is 0 Å². The molecule has 7 heteroatoms. The third-order valence-electron chi connectivity index (χ3n) is 6.65. The van der Waals surface area contributed by atoms with E-state index >= 15 is 0 Å². The number of fused-ring (bicyclic) bond motifs is 1. The molecule has 0 aliphatic carbocycles. The molecule has 2 amide bonds. The fourth-order valence-corrected chi connectivity index (χ4v) is 4.76. The number of aryl methyl sites for hydroxylation is 2. The minimum absolute atomic E-state index is 0.0618. The van der Waals surface area contributed by atoms with Crippen molar-refractivity contribution in [1.29, 1.82) is 0 Å². The summed E-state index contributed by atoms with van der Waals surface area (Å²) < 4.78 is 16.7. The summed E-state index contributed by atoms with van der Waals surface area (Å²) in [5, 5.41) is 0. The second kappa shape index (κ2) is 11.4. The van der Waals surface area contributed by atoms with Crippen LogP contribution < -0.4 is 9.47 Å². The lowest BCUT2D eigenvalue weighted by Gasteiger charge is -2.18. The number of hydrogen-bond acceptors (Lipinski definition) is 6. The Kier molecular flexibility index (Phi) is 8.06. The number of likely N-dealkylation sites (tertiary alicyclic amines) is 1. The van der Waals surface area contributed by atoms with Gasteiger partial charge >= 0.3 is 5.97 Å². The molecule has 2 aromatic rings. The summed E-state index contributed by atoms with van der Waals surface area (Å²) in [5.41, 5.74) is 4.51. The fraction of sp³-hybridized carbons (Fsp3) is 0.464. The average molecular weight is 480 g/mol. The molecular formula is C28H33NO6. The SMILES string of the molecule is CCOC(=O)CC(CCc1ccc(OCCN2C(=O)CCC2=O)c(C)c1)c1ccc2c(c1)CCO2. The van der Waals surface area contributed by atoms with Gasteiger partial charge in [0.05, 0.1) is 26.2 Å². The largest absolute Gasteiger partial charge is 0.493 e. The minimum Gasteiger partial charge on any atom is -0.493 e. The summed E-state index contributed by atoms with van der Waals surface area (Å²) in [6.07, 6.45) is 3.47. The molecule has 0 N–H and O–H groups in total. The van der Waals surface area contributed by atoms with Crippen LogP contribution >= 0.6 is 0 Å². The molecule has 2 aromatic carbocycles. The van der Waals surface area contributed by atoms with Crippen LogP contribution in [0.5, 0.6) is 11.5 Å². The highest BCUT2D eigenvalue weighted by atomic mass is 16.5. The summed E-state index contributed by atoms with van der Waals surface area (Å²) in [5.74, 6) is 1.32. The first-order valence-corrected chi connectivity index (χ1v) is 12.4. The Hall–Kier alpha value is -3.35. The quantitative estimate of drug-likeness (QED) is 0.356. The van der Waals surface area contributed by atoms with Gasteiger partial charge in [-0.15, -0.1) is 0 Å². The van der Waals surface area contributed by atoms with Crippen LogP contribution in [0.4, 0.5) is 0 Å². The number of rotatable bonds is 11. The lowest BCUT2D eigenvalue weighted by molar-refractivity contribution is -0.143. The van der Waals surface area contributed by atoms with Gasteiger partial charge in [0.15, 0.2) is 0 Å². The highest BCUT2D eigenvalue weighted by Gasteiger charge is 2.28. The highest BCUT2D eigenvalue weighted by molar-refractivity contribution is 6.01. The molecule has 0 aromatic heterocycles. The Morgan fingerprint density at radius 3 is 2.63 bits per heavy atom. The van der Waals surface area contributed by atoms with E-state index < -0.39 is 0 Å². The Morgan fingerprint density at radius 2 is 1.89 bits per heavy atom. The molecule has 2 aliphatic heterocycles. The molecule has 1 fully saturated rings. The van der Waals surface area contributed by atoms with Crippen molar-refractivity contribution >= 4 is 17.8 Å². The molecule has 0 spiro atoms. The Balaban J connectivity index is 1.37. The number of benzene rings is 2. The van der Waals surface area contributed by atoms with Crippen molar-refractivity contribution in [1.82, 2.24) is 4.90 Å². The van der Waals surface area contributed by atoms with E-state index in [9.17, 15) is 14.4 Å². The molecule has 0 bridgehead atoms. The molecule has 1 atom stereocenters. The van der Waals surface area contributed by atoms with Gasteiger partial charge in [0.25, 0.3) is 0 Å². The van der Waals surface area contributed by atoms with Gasteiger partial charge in [-0.1, -0.05) is 24.3 Å². The first-order chi connectivity index (χ1) is 16.9. The number of hydrogen-bond donors (Lipinski definition) is 0. The maximum Gasteiger partial charge on any atom is 0.306 e. The smallest absolute Gasteiger partial charge is 0.306 e. The third-order valence-corrected chi connectivity index (χ3v) is 6.65. The standard InChI is InChI=1S/C28H33NO6/c1-3-33-28(32)18-22(21-7-9-25-23(17-21)12-14-34-25)6-4-20-5-8-24(19(2)16-20)35-15-13-29-26(30)10-11-27(29)31/h5,7-9,16-17,22H,3-4,6,10-15,18H2,1-2H3. The molecule has 4 rings (SSSR count). The predicted octanol–water partition coefficient (Wildman–Crippen LogP) is 4.13. The van der Waals surface area contributed by atoms with Crippen molar-refractivity contribution in [2.24, 2.45) is 0 Å². The van der Waals surface area contributed by atoms with E-state index in [0.29, 0.717) is 32.5 Å². The van der Waals surface area contributed by atoms with Crippen molar-refractivity contribution in [2.45, 2.75) is 58.3 Å². The van der Waals surface area contributed by atoms with Crippen LogP contribution in [-0.2, 0) is 32.0 Å². The van der Waals surface area contributed by atoms with E-state index in [-0.39, 0.29) is 36.9 Å². The number of nitrogens with zero attached hydrogens (tertiary/aromatic N) is 1. The van der Waals surface area contributed by atoms with Crippen LogP contribution in [0, 0.1) is 6.92 Å². The van der Waals surface area contributed by atoms with Crippen LogP contribution in [0.25, 0.3) is 0 Å². The van der Waals surface area contributed by atoms with Crippen molar-refractivity contribution in [2.75, 3.05) is 26.4 Å². The number of carbonyl (C=O) groups is 3. The lowest BCUT2D eigenvalue weighted by atomic mass is 9.88. The first kappa shape index (κ1) is 24.8. The maximum atomic E-state index is 12.3. The molecule has 0 radical (unpaired) electrons. The van der Waals surface area contributed by atoms with Gasteiger partial charge in [0, 0.05) is 19.3 Å². The Morgan fingerprint density at radius 1 is 1.09 bits per heavy atom. The number of esters is 1. The van der Waals surface area contributed by atoms with Gasteiger partial charge in [-0.05, 0) is 67.0 Å². The van der Waals surface area contributed by atoms with Crippen LogP contribution in [0.3, 0.4) is 0 Å². The summed E-state index contributed by atoms with van der Waals surface area (Å²) in [4.78, 5) is 37.1. The van der Waals surface area contributed by atoms with Gasteiger partial charge in [0.2, 0.25) is 11.8 Å². The number of carbonyl (C=O) groups excluding carboxylic acids is 3. The molecule has 186 valence electrons. The molecule has 7 nitrogen and oxygen atoms in total. The van der Waals surface area contributed by atoms with Crippen molar-refractivity contribution in [3.63, 3.8) is 0 Å². The maximum absolute atomic E-state index is 12.3. The zero-order valence-corrected chi connectivity index (χ0v) is 20.5. The third kappa shape index (κ3) is 6.21. The van der Waals surface area contributed by atoms with Gasteiger partial charge in [-0.25, -0.2) is 0 Å². The second-order valence-corrected chi connectivity index (χ2v) is 9.10. The first-order valence-electron chi connectivity index (χ1n) is 12.4. The van der Waals surface area contributed by atoms with Crippen LogP contribution in [-0.4, -0.2) is 49.0 Å². The molecule has 2 heterocycles. The Labute approximate surface area is 206 Å². The van der Waals surface area contributed by atoms with E-state index in [4.69, 9.17) is 14.2 Å². The number of ether oxygens (including phenoxy) is 3. The molecule has 1 saturated heterocycles. The fourth-order valence-electron chi connectivity index (χ4n) is 4.76. The van der Waals surface area contributed by atoms with Crippen LogP contribution in [0.1, 0.15) is 60.8 Å². The Bertz CT molecular complexity index is 1080. The number of amides is 2. The summed E-state index contributed by atoms with van der Waals surface area (Å²) in [7, 11) is 0. The zero-order valence-electron chi connectivity index (χ0n) is 20.5. The summed E-state index contributed by atoms with van der Waals surface area (Å²) in [6.45, 7) is 5.46. The minimum atomic E-state index is -0.177. The van der Waals surface area contributed by atoms with Gasteiger partial charge < -0.3 is 14.2 Å². The van der Waals surface area contributed by atoms with Crippen molar-refractivity contribution < 1.29 is 28.6 Å². The molecule has 2 aliphatic rings. The van der Waals surface area contributed by atoms with E-state index in [0.717, 1.165) is 47.5 Å². The van der Waals surface area contributed by atoms with Crippen molar-refractivity contribution in [3.05, 3.63) is 58.7 Å². The highest BCUT2D eigenvalue weighted by Crippen LogP contribution is 2.33. The van der Waals surface area contributed by atoms with Gasteiger partial charge in [-0.3, -0.25) is 19.3 Å². The lowest BCUT2D eigenvalue weighted by Crippen LogP contribution is -2.33. The molecular weight excluding hydrogens is 446 g/mol. The normalized spacial score (nSPS) is 15.7. The van der Waals surface area contributed by atoms with E-state index in [1.807, 2.05) is 32.0 Å². The molecule has 1 unspecified atom stereocenters. The van der Waals surface area contributed by atoms with Gasteiger partial charge in [0.1, 0.15) is 18.1 Å². The van der Waals surface area contributed by atoms with Gasteiger partial charge in [-0.2, -0.15) is 0 Å². The van der Waals surface area contributed by atoms with Crippen LogP contribution in [0.15, 0.2) is 36.4 Å². The van der Waals surface area contributed by atoms with Crippen molar-refractivity contribution in [3.8, 4) is 11.5 Å². The second-order valence-electron chi connectivity index (χ2n) is 9.10. The molecule has 35 heavy (non-hydrogen) atoms. The molecule has 0 saturated carbocycles.